The second-order valence-corrected chi connectivity index (χ2v) is 10.5. The van der Waals surface area contributed by atoms with Gasteiger partial charge in [-0.25, -0.2) is 18.1 Å². The number of anilines is 1. The Hall–Kier alpha value is -4.35. The standard InChI is InChI=1S/C26H21N3O7S/c30-23(17-5-7-18(8-6-17)26(33)34)27-13-15-28(16-14-27)37(35,36)20-11-9-19(10-12-20)29-24(31)21-3-1-2-4-22(21)25(29)32/h1-12H,13-16H2,(H,33,34). The lowest BCUT2D eigenvalue weighted by Gasteiger charge is -2.34. The van der Waals surface area contributed by atoms with Crippen molar-refractivity contribution in [2.45, 2.75) is 4.90 Å². The van der Waals surface area contributed by atoms with Crippen LogP contribution in [0.1, 0.15) is 41.4 Å². The number of piperazine rings is 1. The molecule has 10 nitrogen and oxygen atoms in total. The van der Waals surface area contributed by atoms with Crippen molar-refractivity contribution in [2.24, 2.45) is 0 Å². The van der Waals surface area contributed by atoms with Crippen molar-refractivity contribution in [3.8, 4) is 0 Å². The molecule has 5 rings (SSSR count). The molecule has 11 heteroatoms. The minimum absolute atomic E-state index is 0.0110. The number of rotatable bonds is 5. The average Bonchev–Trinajstić information content (AvgIpc) is 3.18. The first-order valence-corrected chi connectivity index (χ1v) is 12.8. The number of sulfonamides is 1. The number of carboxylic acids is 1. The summed E-state index contributed by atoms with van der Waals surface area (Å²) >= 11 is 0. The summed E-state index contributed by atoms with van der Waals surface area (Å²) in [5, 5.41) is 9.00. The van der Waals surface area contributed by atoms with E-state index in [1.165, 1.54) is 57.7 Å². The van der Waals surface area contributed by atoms with Gasteiger partial charge in [0.1, 0.15) is 0 Å². The molecule has 2 heterocycles. The summed E-state index contributed by atoms with van der Waals surface area (Å²) in [4.78, 5) is 51.7. The SMILES string of the molecule is O=C(O)c1ccc(C(=O)N2CCN(S(=O)(=O)c3ccc(N4C(=O)c5ccccc5C4=O)cc3)CC2)cc1. The molecule has 0 radical (unpaired) electrons. The summed E-state index contributed by atoms with van der Waals surface area (Å²) < 4.78 is 27.7. The molecule has 1 N–H and O–H groups in total. The predicted molar refractivity (Wildman–Crippen MR) is 132 cm³/mol. The second-order valence-electron chi connectivity index (χ2n) is 8.56. The maximum absolute atomic E-state index is 13.2. The van der Waals surface area contributed by atoms with Crippen LogP contribution in [0.3, 0.4) is 0 Å². The molecular weight excluding hydrogens is 498 g/mol. The molecule has 0 spiro atoms. The van der Waals surface area contributed by atoms with Gasteiger partial charge in [0, 0.05) is 31.7 Å². The van der Waals surface area contributed by atoms with Gasteiger partial charge in [-0.1, -0.05) is 12.1 Å². The lowest BCUT2D eigenvalue weighted by molar-refractivity contribution is 0.0684. The van der Waals surface area contributed by atoms with Crippen LogP contribution in [0.4, 0.5) is 5.69 Å². The molecule has 188 valence electrons. The number of hydrogen-bond donors (Lipinski definition) is 1. The number of amides is 3. The smallest absolute Gasteiger partial charge is 0.335 e. The molecule has 3 amide bonds. The molecular formula is C26H21N3O7S. The Kier molecular flexibility index (Phi) is 6.10. The molecule has 0 aliphatic carbocycles. The molecule has 0 bridgehead atoms. The highest BCUT2D eigenvalue weighted by Gasteiger charge is 2.37. The number of aromatic carboxylic acids is 1. The van der Waals surface area contributed by atoms with Crippen LogP contribution in [0, 0.1) is 0 Å². The molecule has 3 aromatic carbocycles. The van der Waals surface area contributed by atoms with Crippen molar-refractivity contribution in [2.75, 3.05) is 31.1 Å². The van der Waals surface area contributed by atoms with Crippen molar-refractivity contribution < 1.29 is 32.7 Å². The van der Waals surface area contributed by atoms with E-state index in [0.29, 0.717) is 16.7 Å². The van der Waals surface area contributed by atoms with Crippen molar-refractivity contribution in [3.05, 3.63) is 95.1 Å². The summed E-state index contributed by atoms with van der Waals surface area (Å²) in [6.07, 6.45) is 0. The Labute approximate surface area is 212 Å². The first-order chi connectivity index (χ1) is 17.7. The Morgan fingerprint density at radius 3 is 1.73 bits per heavy atom. The molecule has 2 aliphatic rings. The van der Waals surface area contributed by atoms with Crippen LogP contribution in [0.25, 0.3) is 0 Å². The molecule has 1 fully saturated rings. The number of carbonyl (C=O) groups is 4. The summed E-state index contributed by atoms with van der Waals surface area (Å²) in [6.45, 7) is 0.515. The van der Waals surface area contributed by atoms with Gasteiger partial charge in [-0.15, -0.1) is 0 Å². The number of nitrogens with zero attached hydrogens (tertiary/aromatic N) is 3. The van der Waals surface area contributed by atoms with Gasteiger partial charge in [-0.2, -0.15) is 4.31 Å². The van der Waals surface area contributed by atoms with Gasteiger partial charge in [0.05, 0.1) is 27.3 Å². The first-order valence-electron chi connectivity index (χ1n) is 11.4. The summed E-state index contributed by atoms with van der Waals surface area (Å²) in [7, 11) is -3.87. The minimum atomic E-state index is -3.87. The summed E-state index contributed by atoms with van der Waals surface area (Å²) in [5.74, 6) is -2.32. The Balaban J connectivity index is 1.26. The fourth-order valence-electron chi connectivity index (χ4n) is 4.41. The molecule has 0 atom stereocenters. The highest BCUT2D eigenvalue weighted by Crippen LogP contribution is 2.29. The number of benzene rings is 3. The van der Waals surface area contributed by atoms with Gasteiger partial charge in [-0.3, -0.25) is 14.4 Å². The Morgan fingerprint density at radius 2 is 1.22 bits per heavy atom. The zero-order valence-electron chi connectivity index (χ0n) is 19.4. The average molecular weight is 520 g/mol. The quantitative estimate of drug-likeness (QED) is 0.512. The third-order valence-electron chi connectivity index (χ3n) is 6.43. The normalized spacial score (nSPS) is 16.1. The summed E-state index contributed by atoms with van der Waals surface area (Å²) in [6, 6.07) is 17.6. The van der Waals surface area contributed by atoms with Gasteiger partial charge in [0.25, 0.3) is 17.7 Å². The number of carbonyl (C=O) groups excluding carboxylic acids is 3. The number of imide groups is 1. The van der Waals surface area contributed by atoms with E-state index in [9.17, 15) is 27.6 Å². The van der Waals surface area contributed by atoms with E-state index in [4.69, 9.17) is 5.11 Å². The maximum Gasteiger partial charge on any atom is 0.335 e. The van der Waals surface area contributed by atoms with Crippen LogP contribution in [-0.4, -0.2) is 72.6 Å². The minimum Gasteiger partial charge on any atom is -0.478 e. The third kappa shape index (κ3) is 4.28. The van der Waals surface area contributed by atoms with Crippen molar-refractivity contribution in [1.82, 2.24) is 9.21 Å². The maximum atomic E-state index is 13.2. The molecule has 0 saturated carbocycles. The predicted octanol–water partition coefficient (Wildman–Crippen LogP) is 2.33. The largest absolute Gasteiger partial charge is 0.478 e. The van der Waals surface area contributed by atoms with Crippen LogP contribution >= 0.6 is 0 Å². The molecule has 3 aromatic rings. The van der Waals surface area contributed by atoms with E-state index in [1.54, 1.807) is 24.3 Å². The van der Waals surface area contributed by atoms with Crippen molar-refractivity contribution >= 4 is 39.4 Å². The highest BCUT2D eigenvalue weighted by molar-refractivity contribution is 7.89. The topological polar surface area (TPSA) is 132 Å². The lowest BCUT2D eigenvalue weighted by atomic mass is 10.1. The molecule has 37 heavy (non-hydrogen) atoms. The van der Waals surface area contributed by atoms with E-state index < -0.39 is 27.8 Å². The van der Waals surface area contributed by atoms with E-state index >= 15 is 0 Å². The van der Waals surface area contributed by atoms with Crippen LogP contribution in [-0.2, 0) is 10.0 Å². The van der Waals surface area contributed by atoms with Crippen LogP contribution in [0.2, 0.25) is 0 Å². The van der Waals surface area contributed by atoms with Crippen LogP contribution < -0.4 is 4.90 Å². The number of hydrogen-bond acceptors (Lipinski definition) is 6. The van der Waals surface area contributed by atoms with E-state index in [-0.39, 0.29) is 48.2 Å². The van der Waals surface area contributed by atoms with Gasteiger partial charge in [-0.05, 0) is 60.7 Å². The highest BCUT2D eigenvalue weighted by atomic mass is 32.2. The van der Waals surface area contributed by atoms with E-state index in [1.807, 2.05) is 0 Å². The van der Waals surface area contributed by atoms with Gasteiger partial charge < -0.3 is 10.0 Å². The number of fused-ring (bicyclic) bond motifs is 1. The van der Waals surface area contributed by atoms with Crippen molar-refractivity contribution in [1.29, 1.82) is 0 Å². The molecule has 0 unspecified atom stereocenters. The van der Waals surface area contributed by atoms with Gasteiger partial charge in [0.15, 0.2) is 0 Å². The fraction of sp³-hybridized carbons (Fsp3) is 0.154. The second kappa shape index (κ2) is 9.26. The summed E-state index contributed by atoms with van der Waals surface area (Å²) in [5.41, 5.74) is 1.27. The zero-order valence-corrected chi connectivity index (χ0v) is 20.2. The Bertz CT molecular complexity index is 1490. The molecule has 0 aromatic heterocycles. The van der Waals surface area contributed by atoms with E-state index in [2.05, 4.69) is 0 Å². The lowest BCUT2D eigenvalue weighted by Crippen LogP contribution is -2.50. The fourth-order valence-corrected chi connectivity index (χ4v) is 5.83. The zero-order chi connectivity index (χ0) is 26.3. The van der Waals surface area contributed by atoms with Crippen LogP contribution in [0.5, 0.6) is 0 Å². The van der Waals surface area contributed by atoms with Crippen LogP contribution in [0.15, 0.2) is 77.7 Å². The first kappa shape index (κ1) is 24.3. The molecule has 1 saturated heterocycles. The van der Waals surface area contributed by atoms with Gasteiger partial charge in [0.2, 0.25) is 10.0 Å². The number of carboxylic acid groups (broad SMARTS) is 1. The third-order valence-corrected chi connectivity index (χ3v) is 8.34. The molecule has 2 aliphatic heterocycles. The van der Waals surface area contributed by atoms with Crippen molar-refractivity contribution in [3.63, 3.8) is 0 Å². The Morgan fingerprint density at radius 1 is 0.703 bits per heavy atom. The van der Waals surface area contributed by atoms with Gasteiger partial charge >= 0.3 is 5.97 Å². The van der Waals surface area contributed by atoms with E-state index in [0.717, 1.165) is 4.90 Å². The monoisotopic (exact) mass is 519 g/mol.